The molecule has 0 fully saturated rings. The van der Waals surface area contributed by atoms with E-state index in [2.05, 4.69) is 332 Å². The lowest BCUT2D eigenvalue weighted by Gasteiger charge is -2.25. The Kier molecular flexibility index (Phi) is 15.8. The summed E-state index contributed by atoms with van der Waals surface area (Å²) in [5, 5.41) is 4.61. The Balaban J connectivity index is 0.800. The van der Waals surface area contributed by atoms with Crippen molar-refractivity contribution in [3.05, 3.63) is 342 Å². The summed E-state index contributed by atoms with van der Waals surface area (Å²) in [6, 6.07) is 107. The maximum Gasteiger partial charge on any atom is 0.127 e. The van der Waals surface area contributed by atoms with E-state index in [1.807, 2.05) is 0 Å². The molecule has 13 aromatic carbocycles. The van der Waals surface area contributed by atoms with Crippen molar-refractivity contribution in [1.29, 1.82) is 0 Å². The van der Waals surface area contributed by atoms with Crippen LogP contribution in [-0.2, 0) is 0 Å². The van der Waals surface area contributed by atoms with E-state index in [-0.39, 0.29) is 0 Å². The van der Waals surface area contributed by atoms with Crippen LogP contribution < -0.4 is 24.0 Å². The van der Waals surface area contributed by atoms with Gasteiger partial charge in [-0.25, -0.2) is 0 Å². The van der Waals surface area contributed by atoms with Gasteiger partial charge in [-0.05, 0) is 205 Å². The zero-order valence-corrected chi connectivity index (χ0v) is 49.1. The summed E-state index contributed by atoms with van der Waals surface area (Å²) in [6.07, 6.45) is 4.51. The SMILES string of the molecule is COc1cc(-c2ccc3c(ccc4cc(-c5cc(C)c(C=C(c6ccccc6)c6ccc(N(c7ccccc7)c7ccccc7)cc6)cc5OC)ccc43)c2)c(OC)cc1C=C(c1ccccc1)c1ccc(N(c2ccccc2)c2ccccc2)cc1. The third-order valence-corrected chi connectivity index (χ3v) is 16.3. The summed E-state index contributed by atoms with van der Waals surface area (Å²) in [7, 11) is 5.24. The largest absolute Gasteiger partial charge is 0.496 e. The lowest BCUT2D eigenvalue weighted by atomic mass is 9.91. The maximum atomic E-state index is 6.23. The zero-order chi connectivity index (χ0) is 59.1. The van der Waals surface area contributed by atoms with Crippen LogP contribution in [0.3, 0.4) is 0 Å². The molecule has 5 heteroatoms. The highest BCUT2D eigenvalue weighted by Gasteiger charge is 2.20. The average Bonchev–Trinajstić information content (AvgIpc) is 2.89. The Morgan fingerprint density at radius 2 is 0.609 bits per heavy atom. The number of para-hydroxylation sites is 4. The van der Waals surface area contributed by atoms with Crippen LogP contribution in [-0.4, -0.2) is 21.3 Å². The van der Waals surface area contributed by atoms with E-state index in [4.69, 9.17) is 14.2 Å². The van der Waals surface area contributed by atoms with Crippen molar-refractivity contribution in [3.8, 4) is 39.5 Å². The predicted molar refractivity (Wildman–Crippen MR) is 366 cm³/mol. The van der Waals surface area contributed by atoms with Crippen molar-refractivity contribution in [2.75, 3.05) is 31.1 Å². The van der Waals surface area contributed by atoms with Gasteiger partial charge < -0.3 is 24.0 Å². The normalized spacial score (nSPS) is 11.6. The van der Waals surface area contributed by atoms with Crippen molar-refractivity contribution in [1.82, 2.24) is 0 Å². The summed E-state index contributed by atoms with van der Waals surface area (Å²) in [5.41, 5.74) is 20.4. The Labute approximate surface area is 510 Å². The molecule has 0 bridgehead atoms. The van der Waals surface area contributed by atoms with Crippen LogP contribution in [0.15, 0.2) is 303 Å². The average molecular weight is 1130 g/mol. The first kappa shape index (κ1) is 55.1. The second-order valence-corrected chi connectivity index (χ2v) is 21.6. The van der Waals surface area contributed by atoms with Crippen molar-refractivity contribution in [3.63, 3.8) is 0 Å². The Morgan fingerprint density at radius 1 is 0.287 bits per heavy atom. The van der Waals surface area contributed by atoms with Gasteiger partial charge in [0.1, 0.15) is 17.2 Å². The number of rotatable bonds is 17. The van der Waals surface area contributed by atoms with Gasteiger partial charge in [-0.3, -0.25) is 0 Å². The molecule has 5 nitrogen and oxygen atoms in total. The van der Waals surface area contributed by atoms with Crippen molar-refractivity contribution in [2.45, 2.75) is 6.92 Å². The van der Waals surface area contributed by atoms with Crippen LogP contribution >= 0.6 is 0 Å². The lowest BCUT2D eigenvalue weighted by Crippen LogP contribution is -2.09. The number of aryl methyl sites for hydroxylation is 1. The van der Waals surface area contributed by atoms with Gasteiger partial charge in [0.05, 0.1) is 21.3 Å². The molecule has 13 aromatic rings. The Morgan fingerprint density at radius 3 is 0.989 bits per heavy atom. The number of fused-ring (bicyclic) bond motifs is 3. The molecule has 0 unspecified atom stereocenters. The smallest absolute Gasteiger partial charge is 0.127 e. The quantitative estimate of drug-likeness (QED) is 0.0670. The van der Waals surface area contributed by atoms with Crippen LogP contribution in [0.2, 0.25) is 0 Å². The lowest BCUT2D eigenvalue weighted by molar-refractivity contribution is 0.403. The number of ether oxygens (including phenoxy) is 3. The summed E-state index contributed by atoms with van der Waals surface area (Å²) in [5.74, 6) is 2.31. The van der Waals surface area contributed by atoms with Crippen LogP contribution in [0.25, 0.3) is 67.1 Å². The molecule has 0 saturated heterocycles. The van der Waals surface area contributed by atoms with E-state index < -0.39 is 0 Å². The maximum absolute atomic E-state index is 6.23. The highest BCUT2D eigenvalue weighted by molar-refractivity contribution is 6.10. The first-order valence-electron chi connectivity index (χ1n) is 29.4. The predicted octanol–water partition coefficient (Wildman–Crippen LogP) is 21.8. The van der Waals surface area contributed by atoms with E-state index in [1.54, 1.807) is 21.3 Å². The van der Waals surface area contributed by atoms with Gasteiger partial charge in [-0.2, -0.15) is 0 Å². The molecule has 0 saturated carbocycles. The number of hydrogen-bond acceptors (Lipinski definition) is 5. The Bertz CT molecular complexity index is 4510. The fourth-order valence-electron chi connectivity index (χ4n) is 11.9. The number of anilines is 6. The Hall–Kier alpha value is -11.1. The standard InChI is InChI=1S/C82H64N2O3/c1-57-49-78(81(86-3)54-66(57)52-76(58-23-11-5-12-24-58)60-37-43-72(44-38-60)83(68-27-15-7-16-28-68)69-29-17-8-18-30-69)64-41-47-74-62(50-64)35-36-63-51-65(42-48-75(63)74)79-56-80(85-2)67(55-82(79)87-4)53-77(59-25-13-6-14-26-59)61-39-45-73(46-40-61)84(70-31-19-9-20-32-70)71-33-21-10-22-34-71/h5-56H,1-4H3. The molecule has 0 aliphatic rings. The monoisotopic (exact) mass is 1120 g/mol. The fourth-order valence-corrected chi connectivity index (χ4v) is 11.9. The number of benzene rings is 13. The van der Waals surface area contributed by atoms with E-state index in [0.29, 0.717) is 0 Å². The molecule has 0 amide bonds. The van der Waals surface area contributed by atoms with E-state index >= 15 is 0 Å². The highest BCUT2D eigenvalue weighted by atomic mass is 16.5. The van der Waals surface area contributed by atoms with E-state index in [9.17, 15) is 0 Å². The van der Waals surface area contributed by atoms with Crippen LogP contribution in [0, 0.1) is 6.92 Å². The highest BCUT2D eigenvalue weighted by Crippen LogP contribution is 2.44. The van der Waals surface area contributed by atoms with Crippen LogP contribution in [0.1, 0.15) is 38.9 Å². The van der Waals surface area contributed by atoms with Crippen molar-refractivity contribution in [2.24, 2.45) is 0 Å². The van der Waals surface area contributed by atoms with Gasteiger partial charge >= 0.3 is 0 Å². The molecule has 0 spiro atoms. The number of nitrogens with zero attached hydrogens (tertiary/aromatic N) is 2. The fraction of sp³-hybridized carbons (Fsp3) is 0.0488. The van der Waals surface area contributed by atoms with Gasteiger partial charge in [0.2, 0.25) is 0 Å². The van der Waals surface area contributed by atoms with Gasteiger partial charge in [-0.15, -0.1) is 0 Å². The van der Waals surface area contributed by atoms with E-state index in [1.165, 1.54) is 10.8 Å². The minimum Gasteiger partial charge on any atom is -0.496 e. The molecule has 420 valence electrons. The van der Waals surface area contributed by atoms with Gasteiger partial charge in [0, 0.05) is 50.8 Å². The number of methoxy groups -OCH3 is 3. The first-order valence-corrected chi connectivity index (χ1v) is 29.4. The minimum absolute atomic E-state index is 0.744. The molecule has 0 aliphatic heterocycles. The molecule has 0 aliphatic carbocycles. The molecule has 87 heavy (non-hydrogen) atoms. The first-order chi connectivity index (χ1) is 42.9. The molecule has 0 heterocycles. The van der Waals surface area contributed by atoms with E-state index in [0.717, 1.165) is 134 Å². The summed E-state index contributed by atoms with van der Waals surface area (Å²) in [4.78, 5) is 4.57. The van der Waals surface area contributed by atoms with Gasteiger partial charge in [0.25, 0.3) is 0 Å². The molecule has 0 aromatic heterocycles. The molecule has 0 atom stereocenters. The zero-order valence-electron chi connectivity index (χ0n) is 49.1. The van der Waals surface area contributed by atoms with Crippen LogP contribution in [0.4, 0.5) is 34.1 Å². The number of hydrogen-bond donors (Lipinski definition) is 0. The van der Waals surface area contributed by atoms with Crippen molar-refractivity contribution < 1.29 is 14.2 Å². The summed E-state index contributed by atoms with van der Waals surface area (Å²) >= 11 is 0. The van der Waals surface area contributed by atoms with Gasteiger partial charge in [-0.1, -0.05) is 194 Å². The molecular formula is C82H64N2O3. The minimum atomic E-state index is 0.744. The third kappa shape index (κ3) is 11.5. The molecular weight excluding hydrogens is 1060 g/mol. The summed E-state index contributed by atoms with van der Waals surface area (Å²) < 4.78 is 18.7. The second-order valence-electron chi connectivity index (χ2n) is 21.6. The molecule has 13 rings (SSSR count). The van der Waals surface area contributed by atoms with Crippen molar-refractivity contribution >= 4 is 79.0 Å². The van der Waals surface area contributed by atoms with Gasteiger partial charge in [0.15, 0.2) is 0 Å². The third-order valence-electron chi connectivity index (χ3n) is 16.3. The van der Waals surface area contributed by atoms with Crippen LogP contribution in [0.5, 0.6) is 17.2 Å². The second kappa shape index (κ2) is 25.0. The topological polar surface area (TPSA) is 34.2 Å². The summed E-state index contributed by atoms with van der Waals surface area (Å²) in [6.45, 7) is 2.19. The molecule has 0 radical (unpaired) electrons. The molecule has 0 N–H and O–H groups in total.